The summed E-state index contributed by atoms with van der Waals surface area (Å²) in [4.78, 5) is 22.2. The molecule has 0 atom stereocenters. The van der Waals surface area contributed by atoms with E-state index in [0.29, 0.717) is 29.1 Å². The Bertz CT molecular complexity index is 1500. The van der Waals surface area contributed by atoms with Crippen LogP contribution in [-0.4, -0.2) is 28.9 Å². The first kappa shape index (κ1) is 20.8. The number of aromatic nitrogens is 6. The standard InChI is InChI=1S/C25H23FN6O/c1-16(2)20-10-7-18(26)13-21(20)23-27-14-22-24(29-23)31(25(33)30(22)3)15-17-5-8-19(9-6-17)32-12-4-11-28-32/h4-14,16H,15H2,1-3H3. The Morgan fingerprint density at radius 1 is 1.09 bits per heavy atom. The molecular formula is C25H23FN6O. The van der Waals surface area contributed by atoms with Crippen LogP contribution in [-0.2, 0) is 13.6 Å². The molecule has 7 nitrogen and oxygen atoms in total. The molecule has 2 aromatic carbocycles. The predicted molar refractivity (Wildman–Crippen MR) is 125 cm³/mol. The van der Waals surface area contributed by atoms with Crippen LogP contribution in [0.2, 0.25) is 0 Å². The van der Waals surface area contributed by atoms with Crippen LogP contribution in [0, 0.1) is 5.82 Å². The van der Waals surface area contributed by atoms with Crippen molar-refractivity contribution in [2.75, 3.05) is 0 Å². The zero-order valence-electron chi connectivity index (χ0n) is 18.6. The summed E-state index contributed by atoms with van der Waals surface area (Å²) >= 11 is 0. The lowest BCUT2D eigenvalue weighted by atomic mass is 9.96. The number of halogens is 1. The average Bonchev–Trinajstić information content (AvgIpc) is 3.43. The van der Waals surface area contributed by atoms with E-state index in [1.807, 2.05) is 50.4 Å². The Labute approximate surface area is 189 Å². The lowest BCUT2D eigenvalue weighted by molar-refractivity contribution is 0.626. The lowest BCUT2D eigenvalue weighted by Gasteiger charge is -2.12. The molecule has 0 aliphatic carbocycles. The van der Waals surface area contributed by atoms with Gasteiger partial charge in [0.1, 0.15) is 11.3 Å². The quantitative estimate of drug-likeness (QED) is 0.407. The summed E-state index contributed by atoms with van der Waals surface area (Å²) in [5.41, 5.74) is 4.44. The lowest BCUT2D eigenvalue weighted by Crippen LogP contribution is -2.22. The van der Waals surface area contributed by atoms with Crippen LogP contribution >= 0.6 is 0 Å². The Morgan fingerprint density at radius 3 is 2.58 bits per heavy atom. The van der Waals surface area contributed by atoms with Gasteiger partial charge in [0.05, 0.1) is 18.4 Å². The molecule has 0 aliphatic heterocycles. The minimum absolute atomic E-state index is 0.172. The van der Waals surface area contributed by atoms with Gasteiger partial charge in [-0.25, -0.2) is 23.8 Å². The first-order chi connectivity index (χ1) is 15.9. The van der Waals surface area contributed by atoms with Crippen molar-refractivity contribution < 1.29 is 4.39 Å². The fraction of sp³-hybridized carbons (Fsp3) is 0.200. The summed E-state index contributed by atoms with van der Waals surface area (Å²) in [6.07, 6.45) is 5.23. The molecule has 5 aromatic rings. The third kappa shape index (κ3) is 3.73. The number of benzene rings is 2. The topological polar surface area (TPSA) is 70.5 Å². The summed E-state index contributed by atoms with van der Waals surface area (Å²) < 4.78 is 19.0. The van der Waals surface area contributed by atoms with Gasteiger partial charge in [0.2, 0.25) is 0 Å². The molecule has 0 saturated carbocycles. The highest BCUT2D eigenvalue weighted by molar-refractivity contribution is 5.74. The molecule has 0 saturated heterocycles. The number of hydrogen-bond acceptors (Lipinski definition) is 4. The molecule has 0 unspecified atom stereocenters. The maximum Gasteiger partial charge on any atom is 0.330 e. The molecule has 3 heterocycles. The molecule has 3 aromatic heterocycles. The van der Waals surface area contributed by atoms with E-state index in [-0.39, 0.29) is 17.4 Å². The van der Waals surface area contributed by atoms with Crippen molar-refractivity contribution in [2.45, 2.75) is 26.3 Å². The summed E-state index contributed by atoms with van der Waals surface area (Å²) in [5, 5.41) is 4.24. The Kier molecular flexibility index (Phi) is 5.12. The van der Waals surface area contributed by atoms with E-state index in [2.05, 4.69) is 10.1 Å². The number of rotatable bonds is 5. The van der Waals surface area contributed by atoms with Crippen molar-refractivity contribution in [2.24, 2.45) is 7.05 Å². The smallest absolute Gasteiger partial charge is 0.292 e. The zero-order chi connectivity index (χ0) is 23.1. The van der Waals surface area contributed by atoms with Crippen LogP contribution in [0.3, 0.4) is 0 Å². The second-order valence-corrected chi connectivity index (χ2v) is 8.33. The summed E-state index contributed by atoms with van der Waals surface area (Å²) in [6, 6.07) is 14.4. The molecule has 0 fully saturated rings. The molecule has 166 valence electrons. The SMILES string of the molecule is CC(C)c1ccc(F)cc1-c1ncc2c(n1)n(Cc1ccc(-n3cccn3)cc1)c(=O)n2C. The van der Waals surface area contributed by atoms with Crippen LogP contribution in [0.1, 0.15) is 30.9 Å². The maximum absolute atomic E-state index is 14.1. The van der Waals surface area contributed by atoms with E-state index >= 15 is 0 Å². The highest BCUT2D eigenvalue weighted by Crippen LogP contribution is 2.28. The largest absolute Gasteiger partial charge is 0.330 e. The number of fused-ring (bicyclic) bond motifs is 1. The highest BCUT2D eigenvalue weighted by atomic mass is 19.1. The highest BCUT2D eigenvalue weighted by Gasteiger charge is 2.17. The Balaban J connectivity index is 1.58. The fourth-order valence-electron chi connectivity index (χ4n) is 4.03. The van der Waals surface area contributed by atoms with Crippen molar-refractivity contribution in [3.8, 4) is 17.1 Å². The number of imidazole rings is 1. The molecule has 0 amide bonds. The van der Waals surface area contributed by atoms with Gasteiger partial charge in [-0.05, 0) is 47.4 Å². The second kappa shape index (κ2) is 8.12. The molecule has 0 aliphatic rings. The molecule has 0 bridgehead atoms. The van der Waals surface area contributed by atoms with Gasteiger partial charge in [-0.1, -0.05) is 32.0 Å². The maximum atomic E-state index is 14.1. The Hall–Kier alpha value is -4.07. The Morgan fingerprint density at radius 2 is 1.88 bits per heavy atom. The van der Waals surface area contributed by atoms with E-state index in [1.165, 1.54) is 16.7 Å². The van der Waals surface area contributed by atoms with Crippen molar-refractivity contribution in [1.82, 2.24) is 28.9 Å². The third-order valence-electron chi connectivity index (χ3n) is 5.81. The summed E-state index contributed by atoms with van der Waals surface area (Å²) in [7, 11) is 1.70. The molecule has 33 heavy (non-hydrogen) atoms. The first-order valence-corrected chi connectivity index (χ1v) is 10.7. The van der Waals surface area contributed by atoms with Crippen LogP contribution in [0.15, 0.2) is 71.9 Å². The predicted octanol–water partition coefficient (Wildman–Crippen LogP) is 4.29. The summed E-state index contributed by atoms with van der Waals surface area (Å²) in [6.45, 7) is 4.44. The average molecular weight is 442 g/mol. The van der Waals surface area contributed by atoms with Crippen LogP contribution in [0.5, 0.6) is 0 Å². The number of aryl methyl sites for hydroxylation is 1. The van der Waals surface area contributed by atoms with E-state index in [1.54, 1.807) is 34.8 Å². The van der Waals surface area contributed by atoms with Gasteiger partial charge >= 0.3 is 5.69 Å². The van der Waals surface area contributed by atoms with Crippen molar-refractivity contribution in [3.63, 3.8) is 0 Å². The molecule has 5 rings (SSSR count). The first-order valence-electron chi connectivity index (χ1n) is 10.7. The molecular weight excluding hydrogens is 419 g/mol. The van der Waals surface area contributed by atoms with Gasteiger partial charge in [-0.3, -0.25) is 9.13 Å². The van der Waals surface area contributed by atoms with Crippen molar-refractivity contribution in [1.29, 1.82) is 0 Å². The molecule has 0 spiro atoms. The normalized spacial score (nSPS) is 11.5. The van der Waals surface area contributed by atoms with Gasteiger partial charge in [-0.15, -0.1) is 0 Å². The molecule has 8 heteroatoms. The minimum atomic E-state index is -0.346. The fourth-order valence-corrected chi connectivity index (χ4v) is 4.03. The molecule has 0 N–H and O–H groups in total. The second-order valence-electron chi connectivity index (χ2n) is 8.33. The van der Waals surface area contributed by atoms with Gasteiger partial charge in [0, 0.05) is 25.0 Å². The number of nitrogens with zero attached hydrogens (tertiary/aromatic N) is 6. The van der Waals surface area contributed by atoms with Gasteiger partial charge in [0.15, 0.2) is 11.5 Å². The van der Waals surface area contributed by atoms with E-state index in [9.17, 15) is 9.18 Å². The molecule has 0 radical (unpaired) electrons. The van der Waals surface area contributed by atoms with Crippen LogP contribution in [0.4, 0.5) is 4.39 Å². The van der Waals surface area contributed by atoms with Crippen molar-refractivity contribution >= 4 is 11.2 Å². The summed E-state index contributed by atoms with van der Waals surface area (Å²) in [5.74, 6) is 0.228. The van der Waals surface area contributed by atoms with Crippen molar-refractivity contribution in [3.05, 3.63) is 94.5 Å². The minimum Gasteiger partial charge on any atom is -0.292 e. The van der Waals surface area contributed by atoms with Crippen LogP contribution in [0.25, 0.3) is 28.2 Å². The van der Waals surface area contributed by atoms with Crippen LogP contribution < -0.4 is 5.69 Å². The number of hydrogen-bond donors (Lipinski definition) is 0. The van der Waals surface area contributed by atoms with E-state index in [4.69, 9.17) is 4.98 Å². The van der Waals surface area contributed by atoms with E-state index in [0.717, 1.165) is 16.8 Å². The van der Waals surface area contributed by atoms with E-state index < -0.39 is 0 Å². The zero-order valence-corrected chi connectivity index (χ0v) is 18.6. The van der Waals surface area contributed by atoms with Gasteiger partial charge in [-0.2, -0.15) is 5.10 Å². The van der Waals surface area contributed by atoms with Gasteiger partial charge < -0.3 is 0 Å². The third-order valence-corrected chi connectivity index (χ3v) is 5.81. The monoisotopic (exact) mass is 442 g/mol. The van der Waals surface area contributed by atoms with Gasteiger partial charge in [0.25, 0.3) is 0 Å².